The molecule has 0 saturated carbocycles. The summed E-state index contributed by atoms with van der Waals surface area (Å²) in [4.78, 5) is 49.8. The van der Waals surface area contributed by atoms with E-state index in [1.807, 2.05) is 45.0 Å². The molecule has 2 saturated heterocycles. The van der Waals surface area contributed by atoms with E-state index in [0.717, 1.165) is 37.7 Å². The maximum absolute atomic E-state index is 14.9. The number of carbonyl (C=O) groups excluding carboxylic acids is 3. The number of thioether (sulfide) groups is 1. The van der Waals surface area contributed by atoms with Gasteiger partial charge in [0.2, 0.25) is 17.7 Å². The van der Waals surface area contributed by atoms with Crippen LogP contribution in [0.4, 0.5) is 0 Å². The Balaban J connectivity index is 1.54. The minimum atomic E-state index is -0.832. The largest absolute Gasteiger partial charge is 0.396 e. The Morgan fingerprint density at radius 2 is 1.55 bits per heavy atom. The smallest absolute Gasteiger partial charge is 0.247 e. The fourth-order valence-corrected chi connectivity index (χ4v) is 10.6. The highest BCUT2D eigenvalue weighted by molar-refractivity contribution is 8.02. The molecule has 8 heteroatoms. The monoisotopic (exact) mass is 621 g/mol. The average molecular weight is 622 g/mol. The van der Waals surface area contributed by atoms with Gasteiger partial charge < -0.3 is 19.8 Å². The molecule has 4 aliphatic rings. The lowest BCUT2D eigenvalue weighted by Gasteiger charge is -2.44. The Bertz CT molecular complexity index is 1300. The van der Waals surface area contributed by atoms with Crippen LogP contribution in [0.25, 0.3) is 0 Å². The highest BCUT2D eigenvalue weighted by atomic mass is 32.2. The lowest BCUT2D eigenvalue weighted by Crippen LogP contribution is -2.58. The number of benzene rings is 1. The molecule has 5 atom stereocenters. The molecule has 1 unspecified atom stereocenters. The van der Waals surface area contributed by atoms with Crippen molar-refractivity contribution in [3.8, 4) is 0 Å². The third-order valence-electron chi connectivity index (χ3n) is 9.86. The number of hydrogen-bond donors (Lipinski definition) is 1. The van der Waals surface area contributed by atoms with Crippen LogP contribution >= 0.6 is 11.8 Å². The van der Waals surface area contributed by atoms with E-state index in [4.69, 9.17) is 0 Å². The summed E-state index contributed by atoms with van der Waals surface area (Å²) >= 11 is 1.66. The topological polar surface area (TPSA) is 81.2 Å². The summed E-state index contributed by atoms with van der Waals surface area (Å²) in [7, 11) is 0. The number of amides is 3. The van der Waals surface area contributed by atoms with Crippen molar-refractivity contribution in [3.05, 3.63) is 60.2 Å². The highest BCUT2D eigenvalue weighted by Gasteiger charge is 2.74. The number of unbranched alkanes of at least 4 members (excludes halogenated alkanes) is 3. The second-order valence-electron chi connectivity index (χ2n) is 15.2. The first kappa shape index (κ1) is 32.8. The summed E-state index contributed by atoms with van der Waals surface area (Å²) in [6, 6.07) is 9.32. The number of aliphatic hydroxyl groups excluding tert-OH is 1. The molecule has 1 N–H and O–H groups in total. The number of hydrogen-bond acceptors (Lipinski definition) is 5. The van der Waals surface area contributed by atoms with Gasteiger partial charge in [0.15, 0.2) is 0 Å². The normalized spacial score (nSPS) is 30.4. The first-order chi connectivity index (χ1) is 20.7. The van der Waals surface area contributed by atoms with Crippen molar-refractivity contribution < 1.29 is 19.5 Å². The van der Waals surface area contributed by atoms with Gasteiger partial charge in [-0.2, -0.15) is 0 Å². The number of carbonyl (C=O) groups is 3. The van der Waals surface area contributed by atoms with Crippen LogP contribution in [0.15, 0.2) is 54.6 Å². The Morgan fingerprint density at radius 1 is 0.864 bits per heavy atom. The summed E-state index contributed by atoms with van der Waals surface area (Å²) in [5.74, 6) is -1.30. The van der Waals surface area contributed by atoms with Gasteiger partial charge >= 0.3 is 0 Å². The van der Waals surface area contributed by atoms with E-state index < -0.39 is 32.9 Å². The number of likely N-dealkylation sites (tertiary alicyclic amines) is 1. The summed E-state index contributed by atoms with van der Waals surface area (Å²) < 4.78 is -1.45. The first-order valence-electron chi connectivity index (χ1n) is 16.4. The third-order valence-corrected chi connectivity index (χ3v) is 11.7. The molecule has 7 nitrogen and oxygen atoms in total. The van der Waals surface area contributed by atoms with Crippen LogP contribution in [0.5, 0.6) is 0 Å². The van der Waals surface area contributed by atoms with Gasteiger partial charge in [-0.15, -0.1) is 11.8 Å². The van der Waals surface area contributed by atoms with Crippen molar-refractivity contribution in [2.45, 2.75) is 101 Å². The van der Waals surface area contributed by atoms with Crippen LogP contribution in [0, 0.1) is 17.3 Å². The molecule has 240 valence electrons. The molecule has 0 aromatic heterocycles. The fraction of sp³-hybridized carbons (Fsp3) is 0.639. The molecule has 0 bridgehead atoms. The first-order valence-corrected chi connectivity index (χ1v) is 17.2. The minimum Gasteiger partial charge on any atom is -0.396 e. The molecule has 4 aliphatic heterocycles. The summed E-state index contributed by atoms with van der Waals surface area (Å²) in [5, 5.41) is 9.26. The van der Waals surface area contributed by atoms with Crippen LogP contribution in [0.3, 0.4) is 0 Å². The van der Waals surface area contributed by atoms with Crippen LogP contribution in [0.1, 0.15) is 79.2 Å². The fourth-order valence-electron chi connectivity index (χ4n) is 8.44. The quantitative estimate of drug-likeness (QED) is 0.278. The number of nitrogens with zero attached hydrogens (tertiary/aromatic N) is 3. The van der Waals surface area contributed by atoms with Gasteiger partial charge in [0.1, 0.15) is 6.04 Å². The van der Waals surface area contributed by atoms with E-state index in [-0.39, 0.29) is 29.7 Å². The van der Waals surface area contributed by atoms with Crippen molar-refractivity contribution in [2.24, 2.45) is 17.3 Å². The molecular weight excluding hydrogens is 570 g/mol. The van der Waals surface area contributed by atoms with E-state index in [2.05, 4.69) is 65.8 Å². The van der Waals surface area contributed by atoms with Gasteiger partial charge in [0.25, 0.3) is 0 Å². The van der Waals surface area contributed by atoms with Crippen LogP contribution in [0.2, 0.25) is 0 Å². The molecule has 2 fully saturated rings. The predicted molar refractivity (Wildman–Crippen MR) is 177 cm³/mol. The Morgan fingerprint density at radius 3 is 2.23 bits per heavy atom. The summed E-state index contributed by atoms with van der Waals surface area (Å²) in [6.07, 6.45) is 12.5. The Hall–Kier alpha value is -2.58. The van der Waals surface area contributed by atoms with E-state index in [0.29, 0.717) is 26.2 Å². The standard InChI is InChI=1S/C36H51N3O4S/c1-33(2,3)25-34(4,5)39-22-15-19-36-28(31(42)38(29(36)32(39)43)21-12-7-8-13-23-40)27-30(41)37(20-14-18-35(27,6)44-36)24-26-16-10-9-11-17-26/h9-11,14-19,27-29,40H,7-8,12-13,20-25H2,1-6H3/t27-,28+,29?,35+,36+/m1/s1. The van der Waals surface area contributed by atoms with Crippen molar-refractivity contribution >= 4 is 29.5 Å². The van der Waals surface area contributed by atoms with Gasteiger partial charge in [0.05, 0.1) is 16.6 Å². The molecule has 3 amide bonds. The van der Waals surface area contributed by atoms with Gasteiger partial charge in [-0.25, -0.2) is 0 Å². The molecule has 1 spiro atoms. The Labute approximate surface area is 268 Å². The average Bonchev–Trinajstić information content (AvgIpc) is 3.20. The van der Waals surface area contributed by atoms with E-state index >= 15 is 0 Å². The third kappa shape index (κ3) is 6.01. The van der Waals surface area contributed by atoms with E-state index in [9.17, 15) is 19.5 Å². The highest BCUT2D eigenvalue weighted by Crippen LogP contribution is 2.65. The zero-order valence-corrected chi connectivity index (χ0v) is 28.2. The van der Waals surface area contributed by atoms with Crippen LogP contribution in [-0.2, 0) is 20.9 Å². The van der Waals surface area contributed by atoms with Crippen molar-refractivity contribution in [2.75, 3.05) is 26.2 Å². The number of fused-ring (bicyclic) bond motifs is 2. The lowest BCUT2D eigenvalue weighted by molar-refractivity contribution is -0.147. The zero-order valence-electron chi connectivity index (χ0n) is 27.4. The zero-order chi connectivity index (χ0) is 31.9. The molecule has 4 heterocycles. The summed E-state index contributed by atoms with van der Waals surface area (Å²) in [6.45, 7) is 15.0. The molecule has 5 rings (SSSR count). The molecule has 1 aromatic rings. The van der Waals surface area contributed by atoms with Crippen molar-refractivity contribution in [3.63, 3.8) is 0 Å². The predicted octanol–water partition coefficient (Wildman–Crippen LogP) is 5.44. The second kappa shape index (κ2) is 12.3. The van der Waals surface area contributed by atoms with Crippen molar-refractivity contribution in [1.29, 1.82) is 0 Å². The number of rotatable bonds is 10. The SMILES string of the molecule is CC(C)(C)CC(C)(C)N1CC=C[C@]23S[C@@]4(C)C=CCN(Cc5ccccc5)C(=O)[C@H]4[C@H]2C(=O)N(CCCCCCO)C3C1=O. The van der Waals surface area contributed by atoms with Crippen LogP contribution < -0.4 is 0 Å². The molecule has 44 heavy (non-hydrogen) atoms. The van der Waals surface area contributed by atoms with E-state index in [1.165, 1.54) is 0 Å². The van der Waals surface area contributed by atoms with Crippen LogP contribution in [-0.4, -0.2) is 84.8 Å². The maximum atomic E-state index is 14.9. The van der Waals surface area contributed by atoms with Gasteiger partial charge in [-0.3, -0.25) is 14.4 Å². The number of aliphatic hydroxyl groups is 1. The molecule has 0 radical (unpaired) electrons. The maximum Gasteiger partial charge on any atom is 0.247 e. The molecule has 1 aromatic carbocycles. The summed E-state index contributed by atoms with van der Waals surface area (Å²) in [5.41, 5.74) is 0.651. The minimum absolute atomic E-state index is 0.0114. The van der Waals surface area contributed by atoms with Gasteiger partial charge in [-0.1, -0.05) is 88.2 Å². The second-order valence-corrected chi connectivity index (χ2v) is 17.0. The molecular formula is C36H51N3O4S. The molecule has 0 aliphatic carbocycles. The Kier molecular flexibility index (Phi) is 9.18. The van der Waals surface area contributed by atoms with E-state index in [1.54, 1.807) is 11.8 Å². The van der Waals surface area contributed by atoms with Gasteiger partial charge in [-0.05, 0) is 51.0 Å². The van der Waals surface area contributed by atoms with Crippen molar-refractivity contribution in [1.82, 2.24) is 14.7 Å². The lowest BCUT2D eigenvalue weighted by atomic mass is 9.74. The van der Waals surface area contributed by atoms with Gasteiger partial charge in [0, 0.05) is 43.1 Å².